The van der Waals surface area contributed by atoms with Crippen LogP contribution in [0, 0.1) is 0 Å². The van der Waals surface area contributed by atoms with Crippen molar-refractivity contribution in [2.75, 3.05) is 0 Å². The summed E-state index contributed by atoms with van der Waals surface area (Å²) in [6.07, 6.45) is 6.51. The summed E-state index contributed by atoms with van der Waals surface area (Å²) in [5.74, 6) is 0. The van der Waals surface area contributed by atoms with Gasteiger partial charge in [-0.2, -0.15) is 8.42 Å². The molecule has 124 valence electrons. The van der Waals surface area contributed by atoms with E-state index in [1.807, 2.05) is 13.8 Å². The Kier molecular flexibility index (Phi) is 13.1. The molecule has 9 heteroatoms. The van der Waals surface area contributed by atoms with Crippen molar-refractivity contribution in [2.24, 2.45) is 0 Å². The van der Waals surface area contributed by atoms with Gasteiger partial charge < -0.3 is 4.55 Å². The van der Waals surface area contributed by atoms with Gasteiger partial charge in [0.05, 0.1) is 4.91 Å². The molecule has 0 bridgehead atoms. The fourth-order valence-corrected chi connectivity index (χ4v) is 3.66. The molecule has 0 heterocycles. The van der Waals surface area contributed by atoms with Crippen molar-refractivity contribution in [2.45, 2.75) is 58.8 Å². The molecule has 0 atom stereocenters. The van der Waals surface area contributed by atoms with Crippen LogP contribution in [0.2, 0.25) is 0 Å². The SMILES string of the molecule is CCCCC=C(C(=CCCCCC)S(=O)(=O)O)S(=O)(=O)[O-].[Na+]. The summed E-state index contributed by atoms with van der Waals surface area (Å²) >= 11 is 0. The van der Waals surface area contributed by atoms with Crippen LogP contribution in [-0.2, 0) is 20.2 Å². The molecule has 0 radical (unpaired) electrons. The third-order valence-electron chi connectivity index (χ3n) is 2.81. The van der Waals surface area contributed by atoms with E-state index in [0.29, 0.717) is 12.8 Å². The van der Waals surface area contributed by atoms with Crippen LogP contribution in [0.15, 0.2) is 22.0 Å². The second kappa shape index (κ2) is 11.8. The normalized spacial score (nSPS) is 13.8. The van der Waals surface area contributed by atoms with E-state index in [1.54, 1.807) is 0 Å². The van der Waals surface area contributed by atoms with Crippen molar-refractivity contribution in [1.82, 2.24) is 0 Å². The molecular formula is C13H23NaO6S2. The molecule has 0 unspecified atom stereocenters. The van der Waals surface area contributed by atoms with E-state index in [9.17, 15) is 25.9 Å². The monoisotopic (exact) mass is 362 g/mol. The number of unbranched alkanes of at least 4 members (excludes halogenated alkanes) is 5. The molecule has 0 aliphatic rings. The topological polar surface area (TPSA) is 112 Å². The van der Waals surface area contributed by atoms with Gasteiger partial charge in [0.2, 0.25) is 0 Å². The summed E-state index contributed by atoms with van der Waals surface area (Å²) in [6, 6.07) is 0. The van der Waals surface area contributed by atoms with Gasteiger partial charge in [-0.3, -0.25) is 4.55 Å². The van der Waals surface area contributed by atoms with Crippen LogP contribution in [0.4, 0.5) is 0 Å². The first kappa shape index (κ1) is 24.6. The second-order valence-corrected chi connectivity index (χ2v) is 7.44. The van der Waals surface area contributed by atoms with E-state index in [0.717, 1.165) is 31.4 Å². The Labute approximate surface area is 155 Å². The molecule has 1 N–H and O–H groups in total. The van der Waals surface area contributed by atoms with Crippen LogP contribution in [0.25, 0.3) is 0 Å². The van der Waals surface area contributed by atoms with Gasteiger partial charge in [0, 0.05) is 0 Å². The van der Waals surface area contributed by atoms with Gasteiger partial charge in [0.15, 0.2) is 0 Å². The maximum atomic E-state index is 11.4. The summed E-state index contributed by atoms with van der Waals surface area (Å²) in [5.41, 5.74) is 0. The standard InChI is InChI=1S/C13H24O6S2.Na/c1-3-5-7-9-11-13(21(17,18)19)12(20(14,15)16)10-8-6-4-2;/h10-11H,3-9H2,1-2H3,(H,14,15,16)(H,17,18,19);/q;+1/p-1. The van der Waals surface area contributed by atoms with E-state index in [-0.39, 0.29) is 42.4 Å². The minimum absolute atomic E-state index is 0. The van der Waals surface area contributed by atoms with Crippen molar-refractivity contribution in [1.29, 1.82) is 0 Å². The zero-order chi connectivity index (χ0) is 16.5. The van der Waals surface area contributed by atoms with Crippen molar-refractivity contribution < 1.29 is 55.5 Å². The predicted octanol–water partition coefficient (Wildman–Crippen LogP) is -0.0383. The van der Waals surface area contributed by atoms with Crippen LogP contribution < -0.4 is 29.6 Å². The molecule has 0 fully saturated rings. The smallest absolute Gasteiger partial charge is 0.744 e. The second-order valence-electron chi connectivity index (χ2n) is 4.70. The van der Waals surface area contributed by atoms with Gasteiger partial charge in [-0.15, -0.1) is 0 Å². The molecule has 0 amide bonds. The molecular weight excluding hydrogens is 339 g/mol. The van der Waals surface area contributed by atoms with Gasteiger partial charge >= 0.3 is 29.6 Å². The quantitative estimate of drug-likeness (QED) is 0.253. The van der Waals surface area contributed by atoms with Crippen molar-refractivity contribution in [3.8, 4) is 0 Å². The molecule has 0 saturated carbocycles. The van der Waals surface area contributed by atoms with Crippen LogP contribution in [-0.4, -0.2) is 25.9 Å². The van der Waals surface area contributed by atoms with Gasteiger partial charge in [0.1, 0.15) is 15.0 Å². The van der Waals surface area contributed by atoms with Crippen molar-refractivity contribution in [3.05, 3.63) is 22.0 Å². The van der Waals surface area contributed by atoms with E-state index in [2.05, 4.69) is 0 Å². The minimum Gasteiger partial charge on any atom is -0.744 e. The molecule has 0 aromatic heterocycles. The van der Waals surface area contributed by atoms with E-state index >= 15 is 0 Å². The Morgan fingerprint density at radius 3 is 1.77 bits per heavy atom. The first-order valence-electron chi connectivity index (χ1n) is 6.98. The van der Waals surface area contributed by atoms with Crippen LogP contribution in [0.5, 0.6) is 0 Å². The average molecular weight is 362 g/mol. The van der Waals surface area contributed by atoms with Gasteiger partial charge in [-0.1, -0.05) is 51.7 Å². The van der Waals surface area contributed by atoms with E-state index in [1.165, 1.54) is 0 Å². The molecule has 0 aromatic rings. The third-order valence-corrected chi connectivity index (χ3v) is 4.81. The zero-order valence-electron chi connectivity index (χ0n) is 13.4. The molecule has 0 spiro atoms. The van der Waals surface area contributed by atoms with Crippen molar-refractivity contribution >= 4 is 20.2 Å². The molecule has 0 rings (SSSR count). The summed E-state index contributed by atoms with van der Waals surface area (Å²) in [4.78, 5) is -1.65. The molecule has 0 aliphatic carbocycles. The fraction of sp³-hybridized carbons (Fsp3) is 0.692. The fourth-order valence-electron chi connectivity index (χ4n) is 1.72. The summed E-state index contributed by atoms with van der Waals surface area (Å²) in [7, 11) is -9.72. The maximum Gasteiger partial charge on any atom is 1.00 e. The van der Waals surface area contributed by atoms with Gasteiger partial charge in [-0.05, 0) is 19.3 Å². The first-order valence-corrected chi connectivity index (χ1v) is 9.83. The molecule has 0 aliphatic heterocycles. The minimum atomic E-state index is -4.97. The maximum absolute atomic E-state index is 11.4. The van der Waals surface area contributed by atoms with E-state index in [4.69, 9.17) is 0 Å². The largest absolute Gasteiger partial charge is 1.00 e. The van der Waals surface area contributed by atoms with Crippen LogP contribution >= 0.6 is 0 Å². The summed E-state index contributed by atoms with van der Waals surface area (Å²) in [6.45, 7) is 3.84. The molecule has 6 nitrogen and oxygen atoms in total. The molecule has 22 heavy (non-hydrogen) atoms. The van der Waals surface area contributed by atoms with E-state index < -0.39 is 30.0 Å². The van der Waals surface area contributed by atoms with Gasteiger partial charge in [0.25, 0.3) is 10.1 Å². The number of hydrogen-bond donors (Lipinski definition) is 1. The Bertz CT molecular complexity index is 576. The number of allylic oxidation sites excluding steroid dienone is 2. The van der Waals surface area contributed by atoms with Crippen LogP contribution in [0.3, 0.4) is 0 Å². The predicted molar refractivity (Wildman–Crippen MR) is 81.1 cm³/mol. The molecule has 0 aromatic carbocycles. The van der Waals surface area contributed by atoms with Crippen molar-refractivity contribution in [3.63, 3.8) is 0 Å². The zero-order valence-corrected chi connectivity index (χ0v) is 17.0. The number of rotatable bonds is 10. The Morgan fingerprint density at radius 2 is 1.36 bits per heavy atom. The third kappa shape index (κ3) is 10.1. The first-order chi connectivity index (χ1) is 9.64. The Hall–Kier alpha value is 0.300. The average Bonchev–Trinajstić information content (AvgIpc) is 2.33. The Balaban J connectivity index is 0. The Morgan fingerprint density at radius 1 is 0.909 bits per heavy atom. The summed E-state index contributed by atoms with van der Waals surface area (Å²) < 4.78 is 65.7. The van der Waals surface area contributed by atoms with Crippen LogP contribution in [0.1, 0.15) is 58.8 Å². The summed E-state index contributed by atoms with van der Waals surface area (Å²) in [5, 5.41) is 0. The number of hydrogen-bond acceptors (Lipinski definition) is 5. The van der Waals surface area contributed by atoms with Gasteiger partial charge in [-0.25, -0.2) is 8.42 Å². The molecule has 0 saturated heterocycles.